The van der Waals surface area contributed by atoms with Crippen LogP contribution in [0.2, 0.25) is 0 Å². The molecule has 1 rings (SSSR count). The molecule has 0 aromatic rings. The molecule has 1 fully saturated rings. The third kappa shape index (κ3) is 2.27. The van der Waals surface area contributed by atoms with Crippen molar-refractivity contribution in [1.29, 1.82) is 0 Å². The van der Waals surface area contributed by atoms with E-state index in [0.717, 1.165) is 0 Å². The molecule has 0 saturated heterocycles. The first-order chi connectivity index (χ1) is 4.93. The first-order valence-electron chi connectivity index (χ1n) is 4.07. The molecule has 1 aliphatic carbocycles. The van der Waals surface area contributed by atoms with E-state index >= 15 is 0 Å². The Kier molecular flexibility index (Phi) is 3.09. The van der Waals surface area contributed by atoms with Crippen LogP contribution < -0.4 is 0 Å². The van der Waals surface area contributed by atoms with Gasteiger partial charge in [-0.1, -0.05) is 24.3 Å². The van der Waals surface area contributed by atoms with Crippen molar-refractivity contribution in [3.63, 3.8) is 0 Å². The van der Waals surface area contributed by atoms with Gasteiger partial charge in [-0.2, -0.15) is 0 Å². The SMILES string of the molecule is C#CC=C1CCCCCC1. The average Bonchev–Trinajstić information content (AvgIpc) is 2.17. The van der Waals surface area contributed by atoms with Crippen LogP contribution in [0.15, 0.2) is 11.6 Å². The van der Waals surface area contributed by atoms with E-state index in [1.807, 2.05) is 6.08 Å². The number of hydrogen-bond acceptors (Lipinski definition) is 0. The Bertz CT molecular complexity index is 147. The van der Waals surface area contributed by atoms with Crippen molar-refractivity contribution >= 4 is 0 Å². The van der Waals surface area contributed by atoms with Gasteiger partial charge in [-0.3, -0.25) is 0 Å². The lowest BCUT2D eigenvalue weighted by atomic mass is 10.1. The number of hydrogen-bond donors (Lipinski definition) is 0. The second-order valence-corrected chi connectivity index (χ2v) is 2.88. The molecule has 0 radical (unpaired) electrons. The molecule has 10 heavy (non-hydrogen) atoms. The van der Waals surface area contributed by atoms with E-state index < -0.39 is 0 Å². The van der Waals surface area contributed by atoms with E-state index in [1.165, 1.54) is 44.1 Å². The van der Waals surface area contributed by atoms with E-state index in [-0.39, 0.29) is 0 Å². The minimum Gasteiger partial charge on any atom is -0.115 e. The van der Waals surface area contributed by atoms with Crippen LogP contribution in [0, 0.1) is 12.3 Å². The van der Waals surface area contributed by atoms with Crippen LogP contribution in [0.3, 0.4) is 0 Å². The monoisotopic (exact) mass is 134 g/mol. The lowest BCUT2D eigenvalue weighted by Gasteiger charge is -1.97. The molecule has 0 heterocycles. The molecule has 0 aromatic carbocycles. The van der Waals surface area contributed by atoms with E-state index in [9.17, 15) is 0 Å². The van der Waals surface area contributed by atoms with Crippen molar-refractivity contribution in [3.05, 3.63) is 11.6 Å². The van der Waals surface area contributed by atoms with Crippen LogP contribution >= 0.6 is 0 Å². The molecule has 0 unspecified atom stereocenters. The molecule has 0 spiro atoms. The molecule has 0 nitrogen and oxygen atoms in total. The van der Waals surface area contributed by atoms with Crippen molar-refractivity contribution in [2.45, 2.75) is 38.5 Å². The van der Waals surface area contributed by atoms with Gasteiger partial charge in [0, 0.05) is 0 Å². The number of allylic oxidation sites excluding steroid dienone is 2. The van der Waals surface area contributed by atoms with Crippen molar-refractivity contribution in [2.75, 3.05) is 0 Å². The molecule has 0 bridgehead atoms. The molecular formula is C10H14. The average molecular weight is 134 g/mol. The predicted octanol–water partition coefficient (Wildman–Crippen LogP) is 2.90. The number of terminal acetylenes is 1. The summed E-state index contributed by atoms with van der Waals surface area (Å²) in [6, 6.07) is 0. The molecule has 54 valence electrons. The van der Waals surface area contributed by atoms with Gasteiger partial charge in [0.15, 0.2) is 0 Å². The normalized spacial score (nSPS) is 19.3. The highest BCUT2D eigenvalue weighted by atomic mass is 14.1. The largest absolute Gasteiger partial charge is 0.115 e. The lowest BCUT2D eigenvalue weighted by Crippen LogP contribution is -1.78. The molecule has 0 aliphatic heterocycles. The van der Waals surface area contributed by atoms with Gasteiger partial charge < -0.3 is 0 Å². The molecule has 0 atom stereocenters. The molecule has 0 heteroatoms. The molecule has 1 saturated carbocycles. The molecular weight excluding hydrogens is 120 g/mol. The van der Waals surface area contributed by atoms with Crippen LogP contribution in [0.4, 0.5) is 0 Å². The van der Waals surface area contributed by atoms with Crippen LogP contribution in [-0.4, -0.2) is 0 Å². The summed E-state index contributed by atoms with van der Waals surface area (Å²) in [4.78, 5) is 0. The zero-order valence-corrected chi connectivity index (χ0v) is 6.40. The van der Waals surface area contributed by atoms with Crippen LogP contribution in [-0.2, 0) is 0 Å². The summed E-state index contributed by atoms with van der Waals surface area (Å²) in [5.74, 6) is 2.60. The fourth-order valence-electron chi connectivity index (χ4n) is 1.44. The zero-order valence-electron chi connectivity index (χ0n) is 6.40. The summed E-state index contributed by atoms with van der Waals surface area (Å²) in [6.07, 6.45) is 15.1. The van der Waals surface area contributed by atoms with Gasteiger partial charge in [0.1, 0.15) is 0 Å². The van der Waals surface area contributed by atoms with Gasteiger partial charge in [0.05, 0.1) is 0 Å². The van der Waals surface area contributed by atoms with E-state index in [1.54, 1.807) is 0 Å². The van der Waals surface area contributed by atoms with Gasteiger partial charge in [0.2, 0.25) is 0 Å². The quantitative estimate of drug-likeness (QED) is 0.353. The fourth-order valence-corrected chi connectivity index (χ4v) is 1.44. The maximum absolute atomic E-state index is 5.18. The fraction of sp³-hybridized carbons (Fsp3) is 0.600. The van der Waals surface area contributed by atoms with Crippen LogP contribution in [0.1, 0.15) is 38.5 Å². The molecule has 0 N–H and O–H groups in total. The summed E-state index contributed by atoms with van der Waals surface area (Å²) in [6.45, 7) is 0. The number of rotatable bonds is 0. The van der Waals surface area contributed by atoms with Gasteiger partial charge in [-0.25, -0.2) is 0 Å². The summed E-state index contributed by atoms with van der Waals surface area (Å²) >= 11 is 0. The highest BCUT2D eigenvalue weighted by Gasteiger charge is 2.02. The molecule has 0 amide bonds. The Morgan fingerprint density at radius 1 is 1.10 bits per heavy atom. The van der Waals surface area contributed by atoms with Crippen LogP contribution in [0.5, 0.6) is 0 Å². The minimum absolute atomic E-state index is 1.24. The standard InChI is InChI=1S/C10H14/c1-2-7-10-8-5-3-4-6-9-10/h1,7H,3-6,8-9H2. The topological polar surface area (TPSA) is 0 Å². The minimum atomic E-state index is 1.24. The van der Waals surface area contributed by atoms with E-state index in [0.29, 0.717) is 0 Å². The van der Waals surface area contributed by atoms with E-state index in [2.05, 4.69) is 5.92 Å². The lowest BCUT2D eigenvalue weighted by molar-refractivity contribution is 0.702. The second-order valence-electron chi connectivity index (χ2n) is 2.88. The first-order valence-corrected chi connectivity index (χ1v) is 4.07. The first kappa shape index (κ1) is 7.41. The highest BCUT2D eigenvalue weighted by Crippen LogP contribution is 2.21. The third-order valence-corrected chi connectivity index (χ3v) is 2.03. The predicted molar refractivity (Wildman–Crippen MR) is 44.6 cm³/mol. The van der Waals surface area contributed by atoms with Gasteiger partial charge in [-0.15, -0.1) is 6.42 Å². The Morgan fingerprint density at radius 3 is 2.20 bits per heavy atom. The Hall–Kier alpha value is -0.700. The van der Waals surface area contributed by atoms with Gasteiger partial charge in [0.25, 0.3) is 0 Å². The second kappa shape index (κ2) is 4.17. The Morgan fingerprint density at radius 2 is 1.70 bits per heavy atom. The van der Waals surface area contributed by atoms with Crippen molar-refractivity contribution in [1.82, 2.24) is 0 Å². The van der Waals surface area contributed by atoms with Gasteiger partial charge in [-0.05, 0) is 31.8 Å². The molecule has 0 aromatic heterocycles. The van der Waals surface area contributed by atoms with Gasteiger partial charge >= 0.3 is 0 Å². The maximum Gasteiger partial charge on any atom is -0.0130 e. The van der Waals surface area contributed by atoms with Crippen LogP contribution in [0.25, 0.3) is 0 Å². The van der Waals surface area contributed by atoms with Crippen molar-refractivity contribution in [2.24, 2.45) is 0 Å². The van der Waals surface area contributed by atoms with Crippen molar-refractivity contribution in [3.8, 4) is 12.3 Å². The van der Waals surface area contributed by atoms with Crippen molar-refractivity contribution < 1.29 is 0 Å². The Labute approximate surface area is 63.3 Å². The Balaban J connectivity index is 2.44. The zero-order chi connectivity index (χ0) is 7.23. The van der Waals surface area contributed by atoms with E-state index in [4.69, 9.17) is 6.42 Å². The molecule has 1 aliphatic rings. The maximum atomic E-state index is 5.18. The third-order valence-electron chi connectivity index (χ3n) is 2.03. The smallest absolute Gasteiger partial charge is 0.0130 e. The summed E-state index contributed by atoms with van der Waals surface area (Å²) in [7, 11) is 0. The summed E-state index contributed by atoms with van der Waals surface area (Å²) < 4.78 is 0. The highest BCUT2D eigenvalue weighted by molar-refractivity contribution is 5.17. The summed E-state index contributed by atoms with van der Waals surface area (Å²) in [5, 5.41) is 0. The summed E-state index contributed by atoms with van der Waals surface area (Å²) in [5.41, 5.74) is 1.49.